The Labute approximate surface area is 119 Å². The lowest BCUT2D eigenvalue weighted by molar-refractivity contribution is -0.157. The van der Waals surface area contributed by atoms with E-state index in [-0.39, 0.29) is 17.3 Å². The minimum Gasteiger partial charge on any atom is -0.490 e. The fourth-order valence-electron chi connectivity index (χ4n) is 3.43. The molecular weight excluding hydrogens is 252 g/mol. The summed E-state index contributed by atoms with van der Waals surface area (Å²) in [4.78, 5) is 12.3. The van der Waals surface area contributed by atoms with Gasteiger partial charge in [0, 0.05) is 0 Å². The van der Waals surface area contributed by atoms with Crippen LogP contribution in [0.2, 0.25) is 0 Å². The molecule has 106 valence electrons. The number of rotatable bonds is 4. The summed E-state index contributed by atoms with van der Waals surface area (Å²) in [5.74, 6) is 0.701. The predicted molar refractivity (Wildman–Crippen MR) is 76.8 cm³/mol. The molecule has 0 aromatic heterocycles. The Bertz CT molecular complexity index is 510. The molecule has 0 N–H and O–H groups in total. The van der Waals surface area contributed by atoms with Gasteiger partial charge in [-0.1, -0.05) is 30.3 Å². The first-order valence-corrected chi connectivity index (χ1v) is 7.25. The molecule has 0 aliphatic heterocycles. The number of hydrogen-bond acceptors (Lipinski definition) is 3. The first kappa shape index (κ1) is 13.2. The summed E-state index contributed by atoms with van der Waals surface area (Å²) in [6.45, 7) is 0. The van der Waals surface area contributed by atoms with Crippen LogP contribution in [-0.2, 0) is 14.3 Å². The lowest BCUT2D eigenvalue weighted by Gasteiger charge is -2.26. The first-order chi connectivity index (χ1) is 9.71. The molecule has 1 aromatic rings. The molecule has 3 heteroatoms. The second-order valence-corrected chi connectivity index (χ2v) is 5.84. The summed E-state index contributed by atoms with van der Waals surface area (Å²) in [5, 5.41) is 0. The van der Waals surface area contributed by atoms with Crippen molar-refractivity contribution < 1.29 is 14.3 Å². The largest absolute Gasteiger partial charge is 0.490 e. The van der Waals surface area contributed by atoms with Crippen LogP contribution < -0.4 is 0 Å². The average molecular weight is 272 g/mol. The van der Waals surface area contributed by atoms with Gasteiger partial charge < -0.3 is 9.47 Å². The SMILES string of the molecule is COC(=Cc1ccccc1)C(=O)OC12CCC(CC1)C2. The molecule has 2 aliphatic rings. The predicted octanol–water partition coefficient (Wildman–Crippen LogP) is 3.55. The Hall–Kier alpha value is -1.77. The maximum absolute atomic E-state index is 12.3. The Kier molecular flexibility index (Phi) is 3.51. The standard InChI is InChI=1S/C17H20O3/c1-19-15(11-13-5-3-2-4-6-13)16(18)20-17-9-7-14(12-17)8-10-17/h2-6,11,14H,7-10,12H2,1H3. The van der Waals surface area contributed by atoms with Gasteiger partial charge in [0.2, 0.25) is 5.76 Å². The summed E-state index contributed by atoms with van der Waals surface area (Å²) in [6, 6.07) is 9.68. The smallest absolute Gasteiger partial charge is 0.374 e. The fourth-order valence-corrected chi connectivity index (χ4v) is 3.43. The van der Waals surface area contributed by atoms with Crippen molar-refractivity contribution in [2.45, 2.75) is 37.7 Å². The van der Waals surface area contributed by atoms with E-state index in [0.717, 1.165) is 30.7 Å². The van der Waals surface area contributed by atoms with Gasteiger partial charge in [0.05, 0.1) is 7.11 Å². The molecule has 0 radical (unpaired) electrons. The van der Waals surface area contributed by atoms with Gasteiger partial charge in [-0.25, -0.2) is 4.79 Å². The third-order valence-corrected chi connectivity index (χ3v) is 4.50. The summed E-state index contributed by atoms with van der Waals surface area (Å²) in [6.07, 6.45) is 7.16. The Morgan fingerprint density at radius 2 is 1.95 bits per heavy atom. The minimum absolute atomic E-state index is 0.212. The molecule has 2 fully saturated rings. The minimum atomic E-state index is -0.334. The van der Waals surface area contributed by atoms with Gasteiger partial charge in [-0.3, -0.25) is 0 Å². The van der Waals surface area contributed by atoms with Crippen LogP contribution in [-0.4, -0.2) is 18.7 Å². The molecular formula is C17H20O3. The van der Waals surface area contributed by atoms with Crippen LogP contribution in [0, 0.1) is 5.92 Å². The molecule has 3 rings (SSSR count). The fraction of sp³-hybridized carbons (Fsp3) is 0.471. The number of methoxy groups -OCH3 is 1. The molecule has 0 atom stereocenters. The van der Waals surface area contributed by atoms with E-state index in [1.165, 1.54) is 20.0 Å². The van der Waals surface area contributed by atoms with E-state index in [1.54, 1.807) is 6.08 Å². The van der Waals surface area contributed by atoms with E-state index in [9.17, 15) is 4.79 Å². The third-order valence-electron chi connectivity index (χ3n) is 4.50. The average Bonchev–Trinajstić information content (AvgIpc) is 3.05. The Balaban J connectivity index is 1.73. The zero-order chi connectivity index (χ0) is 14.0. The highest BCUT2D eigenvalue weighted by Gasteiger charge is 2.48. The third kappa shape index (κ3) is 2.58. The molecule has 20 heavy (non-hydrogen) atoms. The monoisotopic (exact) mass is 272 g/mol. The zero-order valence-corrected chi connectivity index (χ0v) is 11.8. The second-order valence-electron chi connectivity index (χ2n) is 5.84. The maximum Gasteiger partial charge on any atom is 0.374 e. The topological polar surface area (TPSA) is 35.5 Å². The van der Waals surface area contributed by atoms with Crippen LogP contribution in [0.3, 0.4) is 0 Å². The van der Waals surface area contributed by atoms with Crippen LogP contribution in [0.4, 0.5) is 0 Å². The first-order valence-electron chi connectivity index (χ1n) is 7.25. The number of carbonyl (C=O) groups is 1. The summed E-state index contributed by atoms with van der Waals surface area (Å²) >= 11 is 0. The summed E-state index contributed by atoms with van der Waals surface area (Å²) in [7, 11) is 1.51. The molecule has 0 unspecified atom stereocenters. The number of esters is 1. The molecule has 2 bridgehead atoms. The van der Waals surface area contributed by atoms with Gasteiger partial charge in [-0.15, -0.1) is 0 Å². The Morgan fingerprint density at radius 3 is 2.50 bits per heavy atom. The van der Waals surface area contributed by atoms with Crippen molar-refractivity contribution in [3.05, 3.63) is 41.7 Å². The van der Waals surface area contributed by atoms with Crippen molar-refractivity contribution in [1.29, 1.82) is 0 Å². The van der Waals surface area contributed by atoms with Crippen LogP contribution in [0.1, 0.15) is 37.7 Å². The highest BCUT2D eigenvalue weighted by molar-refractivity contribution is 5.91. The van der Waals surface area contributed by atoms with Crippen LogP contribution in [0.15, 0.2) is 36.1 Å². The van der Waals surface area contributed by atoms with Crippen molar-refractivity contribution in [2.75, 3.05) is 7.11 Å². The normalized spacial score (nSPS) is 28.4. The molecule has 0 amide bonds. The number of carbonyl (C=O) groups excluding carboxylic acids is 1. The molecule has 1 aromatic carbocycles. The molecule has 2 aliphatic carbocycles. The van der Waals surface area contributed by atoms with Crippen molar-refractivity contribution in [2.24, 2.45) is 5.92 Å². The summed E-state index contributed by atoms with van der Waals surface area (Å²) in [5.41, 5.74) is 0.727. The van der Waals surface area contributed by atoms with Gasteiger partial charge in [0.25, 0.3) is 0 Å². The van der Waals surface area contributed by atoms with Gasteiger partial charge in [0.15, 0.2) is 0 Å². The van der Waals surface area contributed by atoms with Crippen LogP contribution in [0.5, 0.6) is 0 Å². The van der Waals surface area contributed by atoms with E-state index in [0.29, 0.717) is 0 Å². The number of fused-ring (bicyclic) bond motifs is 2. The van der Waals surface area contributed by atoms with Crippen molar-refractivity contribution >= 4 is 12.0 Å². The van der Waals surface area contributed by atoms with Gasteiger partial charge in [-0.05, 0) is 49.7 Å². The van der Waals surface area contributed by atoms with Crippen molar-refractivity contribution in [1.82, 2.24) is 0 Å². The van der Waals surface area contributed by atoms with Crippen LogP contribution in [0.25, 0.3) is 6.08 Å². The lowest BCUT2D eigenvalue weighted by Crippen LogP contribution is -2.31. The van der Waals surface area contributed by atoms with Crippen LogP contribution >= 0.6 is 0 Å². The number of ether oxygens (including phenoxy) is 2. The van der Waals surface area contributed by atoms with E-state index in [1.807, 2.05) is 30.3 Å². The molecule has 0 heterocycles. The van der Waals surface area contributed by atoms with E-state index in [4.69, 9.17) is 9.47 Å². The quantitative estimate of drug-likeness (QED) is 0.477. The maximum atomic E-state index is 12.3. The number of hydrogen-bond donors (Lipinski definition) is 0. The molecule has 0 spiro atoms. The molecule has 0 saturated heterocycles. The highest BCUT2D eigenvalue weighted by atomic mass is 16.6. The summed E-state index contributed by atoms with van der Waals surface area (Å²) < 4.78 is 11.0. The zero-order valence-electron chi connectivity index (χ0n) is 11.8. The second kappa shape index (κ2) is 5.31. The van der Waals surface area contributed by atoms with E-state index >= 15 is 0 Å². The highest BCUT2D eigenvalue weighted by Crippen LogP contribution is 2.50. The molecule has 3 nitrogen and oxygen atoms in total. The van der Waals surface area contributed by atoms with E-state index in [2.05, 4.69) is 0 Å². The van der Waals surface area contributed by atoms with Gasteiger partial charge in [0.1, 0.15) is 5.60 Å². The van der Waals surface area contributed by atoms with Gasteiger partial charge in [-0.2, -0.15) is 0 Å². The van der Waals surface area contributed by atoms with Crippen molar-refractivity contribution in [3.8, 4) is 0 Å². The van der Waals surface area contributed by atoms with Crippen molar-refractivity contribution in [3.63, 3.8) is 0 Å². The van der Waals surface area contributed by atoms with Gasteiger partial charge >= 0.3 is 5.97 Å². The Morgan fingerprint density at radius 1 is 1.25 bits per heavy atom. The molecule has 2 saturated carbocycles. The van der Waals surface area contributed by atoms with E-state index < -0.39 is 0 Å². The number of benzene rings is 1. The lowest BCUT2D eigenvalue weighted by atomic mass is 9.97.